The number of anilines is 3. The van der Waals surface area contributed by atoms with Crippen molar-refractivity contribution in [2.75, 3.05) is 54.0 Å². The summed E-state index contributed by atoms with van der Waals surface area (Å²) >= 11 is 0. The normalized spacial score (nSPS) is 10.2. The Labute approximate surface area is 199 Å². The van der Waals surface area contributed by atoms with Crippen molar-refractivity contribution in [1.29, 1.82) is 15.8 Å². The van der Waals surface area contributed by atoms with Crippen LogP contribution in [0.3, 0.4) is 0 Å². The highest BCUT2D eigenvalue weighted by Crippen LogP contribution is 2.21. The maximum Gasteiger partial charge on any atom is 0.231 e. The number of nitrogens with zero attached hydrogens (tertiary/aromatic N) is 9. The zero-order chi connectivity index (χ0) is 24.3. The van der Waals surface area contributed by atoms with Crippen molar-refractivity contribution >= 4 is 17.8 Å². The zero-order valence-corrected chi connectivity index (χ0v) is 20.6. The van der Waals surface area contributed by atoms with E-state index in [0.29, 0.717) is 56.7 Å². The molecule has 0 saturated carbocycles. The van der Waals surface area contributed by atoms with Crippen molar-refractivity contribution in [3.05, 3.63) is 0 Å². The highest BCUT2D eigenvalue weighted by molar-refractivity contribution is 5.47. The molecule has 0 aliphatic carbocycles. The van der Waals surface area contributed by atoms with E-state index in [-0.39, 0.29) is 0 Å². The summed E-state index contributed by atoms with van der Waals surface area (Å²) in [4.78, 5) is 20.6. The van der Waals surface area contributed by atoms with E-state index in [1.54, 1.807) is 0 Å². The van der Waals surface area contributed by atoms with Gasteiger partial charge in [-0.3, -0.25) is 0 Å². The van der Waals surface area contributed by atoms with Crippen LogP contribution in [0.25, 0.3) is 0 Å². The van der Waals surface area contributed by atoms with Gasteiger partial charge in [0.25, 0.3) is 0 Å². The second-order valence-corrected chi connectivity index (χ2v) is 7.98. The van der Waals surface area contributed by atoms with E-state index in [1.165, 1.54) is 0 Å². The Kier molecular flexibility index (Phi) is 14.7. The quantitative estimate of drug-likeness (QED) is 0.318. The summed E-state index contributed by atoms with van der Waals surface area (Å²) in [6, 6.07) is 6.67. The molecule has 1 aromatic heterocycles. The highest BCUT2D eigenvalue weighted by atomic mass is 15.4. The fourth-order valence-corrected chi connectivity index (χ4v) is 3.30. The molecule has 33 heavy (non-hydrogen) atoms. The molecule has 0 fully saturated rings. The molecular weight excluding hydrogens is 414 g/mol. The fraction of sp³-hybridized carbons (Fsp3) is 0.750. The first kappa shape index (κ1) is 27.9. The highest BCUT2D eigenvalue weighted by Gasteiger charge is 2.20. The second-order valence-electron chi connectivity index (χ2n) is 7.98. The van der Waals surface area contributed by atoms with Gasteiger partial charge in [0, 0.05) is 39.3 Å². The summed E-state index contributed by atoms with van der Waals surface area (Å²) in [6.07, 6.45) is 7.19. The molecule has 9 heteroatoms. The summed E-state index contributed by atoms with van der Waals surface area (Å²) in [7, 11) is 0. The average Bonchev–Trinajstić information content (AvgIpc) is 2.84. The number of rotatable bonds is 18. The molecule has 1 heterocycles. The molecular formula is C24H39N9. The number of aromatic nitrogens is 3. The first-order valence-corrected chi connectivity index (χ1v) is 12.3. The van der Waals surface area contributed by atoms with Crippen molar-refractivity contribution in [1.82, 2.24) is 15.0 Å². The maximum absolute atomic E-state index is 9.15. The number of hydrogen-bond donors (Lipinski definition) is 0. The molecule has 0 N–H and O–H groups in total. The molecule has 0 amide bonds. The van der Waals surface area contributed by atoms with Crippen LogP contribution in [-0.4, -0.2) is 54.2 Å². The van der Waals surface area contributed by atoms with Gasteiger partial charge in [-0.1, -0.05) is 40.0 Å². The van der Waals surface area contributed by atoms with Crippen molar-refractivity contribution < 1.29 is 0 Å². The summed E-state index contributed by atoms with van der Waals surface area (Å²) in [5, 5.41) is 27.5. The molecule has 1 aromatic rings. The first-order valence-electron chi connectivity index (χ1n) is 12.3. The van der Waals surface area contributed by atoms with Crippen LogP contribution in [0.2, 0.25) is 0 Å². The van der Waals surface area contributed by atoms with E-state index in [9.17, 15) is 0 Å². The summed E-state index contributed by atoms with van der Waals surface area (Å²) < 4.78 is 0. The van der Waals surface area contributed by atoms with E-state index in [2.05, 4.69) is 53.7 Å². The maximum atomic E-state index is 9.15. The van der Waals surface area contributed by atoms with Gasteiger partial charge in [-0.05, 0) is 19.3 Å². The standard InChI is InChI=1S/C24H39N9/c1-4-7-16-31(19-10-13-25)22-28-23(32(17-8-5-2)20-11-14-26)30-24(29-22)33(18-9-6-3)21-12-15-27/h4-12,16-21H2,1-3H3. The van der Waals surface area contributed by atoms with Crippen LogP contribution in [0.1, 0.15) is 78.6 Å². The minimum Gasteiger partial charge on any atom is -0.340 e. The predicted octanol–water partition coefficient (Wildman–Crippen LogP) is 4.43. The van der Waals surface area contributed by atoms with E-state index in [0.717, 1.165) is 58.2 Å². The monoisotopic (exact) mass is 453 g/mol. The predicted molar refractivity (Wildman–Crippen MR) is 132 cm³/mol. The summed E-state index contributed by atoms with van der Waals surface area (Å²) in [5.74, 6) is 1.70. The lowest BCUT2D eigenvalue weighted by Gasteiger charge is -2.28. The van der Waals surface area contributed by atoms with Crippen molar-refractivity contribution in [2.24, 2.45) is 0 Å². The SMILES string of the molecule is CCCCN(CCC#N)c1nc(N(CCC#N)CCCC)nc(N(CCC#N)CCCC)n1. The van der Waals surface area contributed by atoms with E-state index >= 15 is 0 Å². The number of unbranched alkanes of at least 4 members (excludes halogenated alkanes) is 3. The van der Waals surface area contributed by atoms with E-state index in [1.807, 2.05) is 0 Å². The molecule has 0 aromatic carbocycles. The Balaban J connectivity index is 3.48. The lowest BCUT2D eigenvalue weighted by atomic mass is 10.3. The van der Waals surface area contributed by atoms with Crippen LogP contribution < -0.4 is 14.7 Å². The molecule has 180 valence electrons. The molecule has 1 rings (SSSR count). The summed E-state index contributed by atoms with van der Waals surface area (Å²) in [6.45, 7) is 10.4. The fourth-order valence-electron chi connectivity index (χ4n) is 3.30. The third-order valence-corrected chi connectivity index (χ3v) is 5.27. The Morgan fingerprint density at radius 2 is 0.788 bits per heavy atom. The van der Waals surface area contributed by atoms with Crippen LogP contribution in [0.5, 0.6) is 0 Å². The van der Waals surface area contributed by atoms with Gasteiger partial charge in [0.1, 0.15) is 0 Å². The van der Waals surface area contributed by atoms with Gasteiger partial charge in [0.05, 0.1) is 37.5 Å². The molecule has 0 atom stereocenters. The van der Waals surface area contributed by atoms with E-state index in [4.69, 9.17) is 30.7 Å². The lowest BCUT2D eigenvalue weighted by molar-refractivity contribution is 0.662. The third kappa shape index (κ3) is 10.4. The molecule has 0 saturated heterocycles. The number of nitriles is 3. The van der Waals surface area contributed by atoms with Gasteiger partial charge in [0.2, 0.25) is 17.8 Å². The van der Waals surface area contributed by atoms with Crippen LogP contribution in [0.4, 0.5) is 17.8 Å². The number of hydrogen-bond acceptors (Lipinski definition) is 9. The molecule has 0 bridgehead atoms. The van der Waals surface area contributed by atoms with E-state index < -0.39 is 0 Å². The van der Waals surface area contributed by atoms with Gasteiger partial charge >= 0.3 is 0 Å². The lowest BCUT2D eigenvalue weighted by Crippen LogP contribution is -2.34. The topological polar surface area (TPSA) is 120 Å². The zero-order valence-electron chi connectivity index (χ0n) is 20.6. The Hall–Kier alpha value is -3.12. The third-order valence-electron chi connectivity index (χ3n) is 5.27. The largest absolute Gasteiger partial charge is 0.340 e. The van der Waals surface area contributed by atoms with Crippen molar-refractivity contribution in [3.8, 4) is 18.2 Å². The van der Waals surface area contributed by atoms with Crippen LogP contribution in [0, 0.1) is 34.0 Å². The Bertz CT molecular complexity index is 674. The Morgan fingerprint density at radius 1 is 0.515 bits per heavy atom. The van der Waals surface area contributed by atoms with Crippen molar-refractivity contribution in [3.63, 3.8) is 0 Å². The molecule has 9 nitrogen and oxygen atoms in total. The van der Waals surface area contributed by atoms with Gasteiger partial charge in [-0.15, -0.1) is 0 Å². The van der Waals surface area contributed by atoms with Crippen LogP contribution in [-0.2, 0) is 0 Å². The van der Waals surface area contributed by atoms with Crippen molar-refractivity contribution in [2.45, 2.75) is 78.6 Å². The summed E-state index contributed by atoms with van der Waals surface area (Å²) in [5.41, 5.74) is 0. The molecule has 0 aliphatic rings. The molecule has 0 radical (unpaired) electrons. The van der Waals surface area contributed by atoms with Gasteiger partial charge in [-0.2, -0.15) is 30.7 Å². The van der Waals surface area contributed by atoms with Gasteiger partial charge in [-0.25, -0.2) is 0 Å². The molecule has 0 spiro atoms. The molecule has 0 unspecified atom stereocenters. The van der Waals surface area contributed by atoms with Crippen LogP contribution >= 0.6 is 0 Å². The van der Waals surface area contributed by atoms with Gasteiger partial charge < -0.3 is 14.7 Å². The minimum absolute atomic E-state index is 0.391. The minimum atomic E-state index is 0.391. The molecule has 0 aliphatic heterocycles. The smallest absolute Gasteiger partial charge is 0.231 e. The van der Waals surface area contributed by atoms with Gasteiger partial charge in [0.15, 0.2) is 0 Å². The second kappa shape index (κ2) is 17.4. The van der Waals surface area contributed by atoms with Crippen LogP contribution in [0.15, 0.2) is 0 Å². The first-order chi connectivity index (χ1) is 16.1. The average molecular weight is 454 g/mol. The Morgan fingerprint density at radius 3 is 1.00 bits per heavy atom.